The quantitative estimate of drug-likeness (QED) is 0.758. The summed E-state index contributed by atoms with van der Waals surface area (Å²) in [5.41, 5.74) is 6.36. The molecule has 2 heteroatoms. The number of hydrogen-bond donors (Lipinski definition) is 1. The van der Waals surface area contributed by atoms with Crippen molar-refractivity contribution in [2.24, 2.45) is 5.73 Å². The fraction of sp³-hybridized carbons (Fsp3) is 1.00. The Balaban J connectivity index is 2.22. The summed E-state index contributed by atoms with van der Waals surface area (Å²) in [7, 11) is 0. The number of hydrogen-bond acceptors (Lipinski definition) is 2. The number of rotatable bonds is 3. The number of nitrogens with two attached hydrogens (primary N) is 1. The third kappa shape index (κ3) is 4.43. The van der Waals surface area contributed by atoms with Gasteiger partial charge in [0.2, 0.25) is 0 Å². The zero-order valence-electron chi connectivity index (χ0n) is 9.94. The van der Waals surface area contributed by atoms with Crippen molar-refractivity contribution in [3.8, 4) is 0 Å². The molecule has 0 aliphatic heterocycles. The highest BCUT2D eigenvalue weighted by molar-refractivity contribution is 4.87. The molecule has 1 aliphatic carbocycles. The fourth-order valence-electron chi connectivity index (χ4n) is 2.07. The summed E-state index contributed by atoms with van der Waals surface area (Å²) in [5, 5.41) is 0. The van der Waals surface area contributed by atoms with Gasteiger partial charge in [-0.15, -0.1) is 0 Å². The van der Waals surface area contributed by atoms with Gasteiger partial charge < -0.3 is 10.5 Å². The van der Waals surface area contributed by atoms with Crippen molar-refractivity contribution in [1.29, 1.82) is 0 Å². The van der Waals surface area contributed by atoms with E-state index < -0.39 is 0 Å². The minimum absolute atomic E-state index is 0.0228. The molecule has 0 radical (unpaired) electrons. The summed E-state index contributed by atoms with van der Waals surface area (Å²) >= 11 is 0. The summed E-state index contributed by atoms with van der Waals surface area (Å²) in [4.78, 5) is 0. The Morgan fingerprint density at radius 3 is 2.21 bits per heavy atom. The molecule has 1 saturated carbocycles. The molecular formula is C12H25NO. The Morgan fingerprint density at radius 1 is 1.14 bits per heavy atom. The van der Waals surface area contributed by atoms with Crippen LogP contribution in [0.1, 0.15) is 59.3 Å². The normalized spacial score (nSPS) is 22.3. The second kappa shape index (κ2) is 4.63. The van der Waals surface area contributed by atoms with Crippen molar-refractivity contribution in [2.45, 2.75) is 70.4 Å². The molecule has 2 N–H and O–H groups in total. The lowest BCUT2D eigenvalue weighted by Crippen LogP contribution is -2.43. The smallest absolute Gasteiger partial charge is 0.0598 e. The van der Waals surface area contributed by atoms with E-state index in [4.69, 9.17) is 10.5 Å². The maximum Gasteiger partial charge on any atom is 0.0598 e. The van der Waals surface area contributed by atoms with Crippen LogP contribution >= 0.6 is 0 Å². The molecular weight excluding hydrogens is 174 g/mol. The molecule has 0 aromatic carbocycles. The van der Waals surface area contributed by atoms with E-state index in [1.807, 2.05) is 0 Å². The summed E-state index contributed by atoms with van der Waals surface area (Å²) in [6.07, 6.45) is 7.34. The maximum atomic E-state index is 6.31. The predicted molar refractivity (Wildman–Crippen MR) is 60.3 cm³/mol. The molecule has 0 spiro atoms. The molecule has 0 aromatic heterocycles. The molecule has 0 bridgehead atoms. The van der Waals surface area contributed by atoms with Crippen LogP contribution in [0.4, 0.5) is 0 Å². The van der Waals surface area contributed by atoms with Crippen molar-refractivity contribution >= 4 is 0 Å². The summed E-state index contributed by atoms with van der Waals surface area (Å²) in [5.74, 6) is 0. The van der Waals surface area contributed by atoms with Crippen LogP contribution in [0, 0.1) is 0 Å². The van der Waals surface area contributed by atoms with Crippen molar-refractivity contribution in [3.63, 3.8) is 0 Å². The maximum absolute atomic E-state index is 6.31. The second-order valence-electron chi connectivity index (χ2n) is 5.63. The molecule has 0 aromatic rings. The molecule has 0 heterocycles. The Bertz CT molecular complexity index is 166. The van der Waals surface area contributed by atoms with Crippen LogP contribution in [0.2, 0.25) is 0 Å². The Labute approximate surface area is 88.2 Å². The minimum Gasteiger partial charge on any atom is -0.376 e. The summed E-state index contributed by atoms with van der Waals surface area (Å²) in [6, 6.07) is 0. The molecule has 0 saturated heterocycles. The van der Waals surface area contributed by atoms with Gasteiger partial charge in [-0.05, 0) is 40.0 Å². The Morgan fingerprint density at radius 2 is 1.71 bits per heavy atom. The van der Waals surface area contributed by atoms with Gasteiger partial charge in [0, 0.05) is 12.1 Å². The fourth-order valence-corrected chi connectivity index (χ4v) is 2.07. The van der Waals surface area contributed by atoms with E-state index in [0.29, 0.717) is 0 Å². The third-order valence-electron chi connectivity index (χ3n) is 2.98. The van der Waals surface area contributed by atoms with Crippen LogP contribution in [-0.4, -0.2) is 17.7 Å². The highest BCUT2D eigenvalue weighted by Crippen LogP contribution is 2.28. The van der Waals surface area contributed by atoms with Gasteiger partial charge in [0.05, 0.1) is 5.60 Å². The molecule has 1 aliphatic rings. The standard InChI is InChI=1S/C12H25NO/c1-11(2,3)14-10-9-12(13)7-5-4-6-8-12/h4-10,13H2,1-3H3. The van der Waals surface area contributed by atoms with Crippen molar-refractivity contribution in [2.75, 3.05) is 6.61 Å². The van der Waals surface area contributed by atoms with Crippen LogP contribution in [0.15, 0.2) is 0 Å². The average molecular weight is 199 g/mol. The van der Waals surface area contributed by atoms with Gasteiger partial charge in [0.25, 0.3) is 0 Å². The SMILES string of the molecule is CC(C)(C)OCCC1(N)CCCCC1. The molecule has 14 heavy (non-hydrogen) atoms. The summed E-state index contributed by atoms with van der Waals surface area (Å²) < 4.78 is 5.72. The van der Waals surface area contributed by atoms with Crippen LogP contribution in [0.5, 0.6) is 0 Å². The highest BCUT2D eigenvalue weighted by Gasteiger charge is 2.27. The largest absolute Gasteiger partial charge is 0.376 e. The van der Waals surface area contributed by atoms with Crippen LogP contribution in [-0.2, 0) is 4.74 Å². The van der Waals surface area contributed by atoms with Gasteiger partial charge in [0.1, 0.15) is 0 Å². The highest BCUT2D eigenvalue weighted by atomic mass is 16.5. The van der Waals surface area contributed by atoms with Crippen LogP contribution < -0.4 is 5.73 Å². The number of ether oxygens (including phenoxy) is 1. The van der Waals surface area contributed by atoms with Crippen molar-refractivity contribution in [1.82, 2.24) is 0 Å². The first kappa shape index (κ1) is 12.0. The predicted octanol–water partition coefficient (Wildman–Crippen LogP) is 2.85. The van der Waals surface area contributed by atoms with Gasteiger partial charge >= 0.3 is 0 Å². The first-order valence-corrected chi connectivity index (χ1v) is 5.84. The zero-order chi connectivity index (χ0) is 10.7. The molecule has 84 valence electrons. The van der Waals surface area contributed by atoms with Crippen molar-refractivity contribution < 1.29 is 4.74 Å². The first-order chi connectivity index (χ1) is 6.41. The van der Waals surface area contributed by atoms with Gasteiger partial charge in [-0.3, -0.25) is 0 Å². The Kier molecular flexibility index (Phi) is 3.96. The molecule has 1 rings (SSSR count). The molecule has 2 nitrogen and oxygen atoms in total. The Hall–Kier alpha value is -0.0800. The summed E-state index contributed by atoms with van der Waals surface area (Å²) in [6.45, 7) is 7.09. The van der Waals surface area contributed by atoms with E-state index in [9.17, 15) is 0 Å². The van der Waals surface area contributed by atoms with E-state index in [1.165, 1.54) is 32.1 Å². The molecule has 1 fully saturated rings. The minimum atomic E-state index is -0.0228. The van der Waals surface area contributed by atoms with Gasteiger partial charge in [0.15, 0.2) is 0 Å². The van der Waals surface area contributed by atoms with Crippen molar-refractivity contribution in [3.05, 3.63) is 0 Å². The van der Waals surface area contributed by atoms with Gasteiger partial charge in [-0.25, -0.2) is 0 Å². The van der Waals surface area contributed by atoms with Crippen LogP contribution in [0.25, 0.3) is 0 Å². The third-order valence-corrected chi connectivity index (χ3v) is 2.98. The van der Waals surface area contributed by atoms with Crippen LogP contribution in [0.3, 0.4) is 0 Å². The van der Waals surface area contributed by atoms with Gasteiger partial charge in [-0.1, -0.05) is 19.3 Å². The topological polar surface area (TPSA) is 35.2 Å². The van der Waals surface area contributed by atoms with E-state index in [0.717, 1.165) is 13.0 Å². The lowest BCUT2D eigenvalue weighted by atomic mass is 9.80. The van der Waals surface area contributed by atoms with E-state index in [-0.39, 0.29) is 11.1 Å². The molecule has 0 amide bonds. The monoisotopic (exact) mass is 199 g/mol. The van der Waals surface area contributed by atoms with E-state index in [2.05, 4.69) is 20.8 Å². The molecule has 0 atom stereocenters. The van der Waals surface area contributed by atoms with Gasteiger partial charge in [-0.2, -0.15) is 0 Å². The van der Waals surface area contributed by atoms with E-state index in [1.54, 1.807) is 0 Å². The molecule has 0 unspecified atom stereocenters. The first-order valence-electron chi connectivity index (χ1n) is 5.84. The zero-order valence-corrected chi connectivity index (χ0v) is 9.94. The van der Waals surface area contributed by atoms with E-state index >= 15 is 0 Å². The average Bonchev–Trinajstić information content (AvgIpc) is 2.02. The lowest BCUT2D eigenvalue weighted by Gasteiger charge is -2.34. The second-order valence-corrected chi connectivity index (χ2v) is 5.63. The lowest BCUT2D eigenvalue weighted by molar-refractivity contribution is -0.0135.